The van der Waals surface area contributed by atoms with E-state index >= 15 is 0 Å². The molecule has 0 spiro atoms. The Morgan fingerprint density at radius 3 is 1.75 bits per heavy atom. The molecule has 226 valence electrons. The van der Waals surface area contributed by atoms with Crippen molar-refractivity contribution in [1.82, 2.24) is 0 Å². The summed E-state index contributed by atoms with van der Waals surface area (Å²) in [5.41, 5.74) is 9.42. The van der Waals surface area contributed by atoms with Crippen molar-refractivity contribution < 1.29 is 0 Å². The van der Waals surface area contributed by atoms with Gasteiger partial charge in [-0.3, -0.25) is 0 Å². The zero-order chi connectivity index (χ0) is 31.8. The molecule has 2 aliphatic rings. The fourth-order valence-electron chi connectivity index (χ4n) is 8.56. The van der Waals surface area contributed by atoms with Gasteiger partial charge in [-0.15, -0.1) is 11.3 Å². The zero-order valence-corrected chi connectivity index (χ0v) is 27.5. The lowest BCUT2D eigenvalue weighted by molar-refractivity contribution is 0.682. The van der Waals surface area contributed by atoms with Crippen LogP contribution >= 0.6 is 11.3 Å². The van der Waals surface area contributed by atoms with Gasteiger partial charge in [0, 0.05) is 32.0 Å². The largest absolute Gasteiger partial charge is 0.135 e. The highest BCUT2D eigenvalue weighted by atomic mass is 32.1. The van der Waals surface area contributed by atoms with Crippen LogP contribution in [0.3, 0.4) is 0 Å². The first kappa shape index (κ1) is 27.6. The average Bonchev–Trinajstić information content (AvgIpc) is 3.53. The highest BCUT2D eigenvalue weighted by molar-refractivity contribution is 7.26. The third kappa shape index (κ3) is 4.01. The molecule has 1 aromatic heterocycles. The van der Waals surface area contributed by atoms with E-state index in [0.717, 1.165) is 0 Å². The van der Waals surface area contributed by atoms with Gasteiger partial charge < -0.3 is 0 Å². The lowest BCUT2D eigenvalue weighted by Crippen LogP contribution is -2.39. The van der Waals surface area contributed by atoms with Gasteiger partial charge in [-0.2, -0.15) is 0 Å². The van der Waals surface area contributed by atoms with Crippen LogP contribution in [0.2, 0.25) is 0 Å². The average molecular weight is 629 g/mol. The van der Waals surface area contributed by atoms with Gasteiger partial charge in [0.25, 0.3) is 0 Å². The van der Waals surface area contributed by atoms with Crippen LogP contribution < -0.4 is 10.4 Å². The van der Waals surface area contributed by atoms with Gasteiger partial charge in [0.15, 0.2) is 0 Å². The molecule has 0 nitrogen and oxygen atoms in total. The minimum atomic E-state index is 0.331. The molecule has 2 aliphatic carbocycles. The van der Waals surface area contributed by atoms with Gasteiger partial charge in [0.2, 0.25) is 0 Å². The fourth-order valence-corrected chi connectivity index (χ4v) is 9.83. The smallest absolute Gasteiger partial charge is 0.0431 e. The first-order valence-corrected chi connectivity index (χ1v) is 17.7. The molecule has 0 saturated heterocycles. The van der Waals surface area contributed by atoms with Crippen LogP contribution in [-0.4, -0.2) is 0 Å². The van der Waals surface area contributed by atoms with E-state index in [1.807, 2.05) is 11.3 Å². The summed E-state index contributed by atoms with van der Waals surface area (Å²) in [7, 11) is 0. The van der Waals surface area contributed by atoms with Crippen LogP contribution in [0, 0.1) is 11.8 Å². The maximum Gasteiger partial charge on any atom is 0.0431 e. The molecule has 10 rings (SSSR count). The van der Waals surface area contributed by atoms with Crippen LogP contribution in [0.15, 0.2) is 164 Å². The molecule has 48 heavy (non-hydrogen) atoms. The molecule has 1 heterocycles. The van der Waals surface area contributed by atoms with Gasteiger partial charge in [-0.05, 0) is 78.4 Å². The van der Waals surface area contributed by atoms with E-state index < -0.39 is 0 Å². The summed E-state index contributed by atoms with van der Waals surface area (Å²) in [6.45, 7) is 2.32. The second-order valence-electron chi connectivity index (χ2n) is 13.2. The van der Waals surface area contributed by atoms with E-state index in [1.165, 1.54) is 91.1 Å². The summed E-state index contributed by atoms with van der Waals surface area (Å²) in [6, 6.07) is 51.9. The normalized spacial score (nSPS) is 17.0. The molecular weight excluding hydrogens is 597 g/mol. The van der Waals surface area contributed by atoms with Crippen molar-refractivity contribution in [2.45, 2.75) is 6.92 Å². The standard InChI is InChI=1S/C47H32S/c1-29-32-16-5-7-18-35(32)46(36-19-8-6-17-33(29)36)42-25-13-24-41-34-27-26-31(28-43(34)48-47(41)42)45-39-22-11-9-20-37(39)44(30-14-3-2-4-15-30)38-21-10-12-23-40(38)45/h2-28,32,35H,1H3. The number of benzene rings is 7. The van der Waals surface area contributed by atoms with Gasteiger partial charge in [0.1, 0.15) is 0 Å². The van der Waals surface area contributed by atoms with E-state index in [4.69, 9.17) is 0 Å². The van der Waals surface area contributed by atoms with Crippen LogP contribution in [0.1, 0.15) is 12.5 Å². The van der Waals surface area contributed by atoms with E-state index in [0.29, 0.717) is 11.8 Å². The van der Waals surface area contributed by atoms with Crippen LogP contribution in [-0.2, 0) is 0 Å². The molecule has 7 aromatic carbocycles. The van der Waals surface area contributed by atoms with E-state index in [2.05, 4.69) is 171 Å². The monoisotopic (exact) mass is 628 g/mol. The lowest BCUT2D eigenvalue weighted by atomic mass is 9.72. The molecule has 0 radical (unpaired) electrons. The van der Waals surface area contributed by atoms with Crippen molar-refractivity contribution in [3.63, 3.8) is 0 Å². The van der Waals surface area contributed by atoms with E-state index in [-0.39, 0.29) is 0 Å². The van der Waals surface area contributed by atoms with Gasteiger partial charge in [0.05, 0.1) is 0 Å². The Hall–Kier alpha value is -5.50. The summed E-state index contributed by atoms with van der Waals surface area (Å²) in [5.74, 6) is 0.716. The van der Waals surface area contributed by atoms with Crippen LogP contribution in [0.25, 0.3) is 75.1 Å². The second-order valence-corrected chi connectivity index (χ2v) is 14.2. The molecule has 8 aromatic rings. The molecule has 2 unspecified atom stereocenters. The molecule has 0 fully saturated rings. The summed E-state index contributed by atoms with van der Waals surface area (Å²) >= 11 is 1.95. The molecular formula is C47H32S. The first-order valence-electron chi connectivity index (χ1n) is 16.9. The number of allylic oxidation sites excluding steroid dienone is 4. The second kappa shape index (κ2) is 10.8. The number of hydrogen-bond donors (Lipinski definition) is 0. The van der Waals surface area contributed by atoms with Crippen molar-refractivity contribution in [3.8, 4) is 22.3 Å². The number of fused-ring (bicyclic) bond motifs is 7. The topological polar surface area (TPSA) is 0 Å². The SMILES string of the molecule is CC1=c2ccccc2=C(c2cccc3c2sc2cc(-c4c5ccccc5c(-c5ccccc5)c5ccccc45)ccc23)C2C=CC=CC12. The Bertz CT molecular complexity index is 2730. The lowest BCUT2D eigenvalue weighted by Gasteiger charge is -2.32. The van der Waals surface area contributed by atoms with Crippen LogP contribution in [0.4, 0.5) is 0 Å². The predicted octanol–water partition coefficient (Wildman–Crippen LogP) is 11.4. The Labute approximate surface area is 283 Å². The van der Waals surface area contributed by atoms with Crippen molar-refractivity contribution in [1.29, 1.82) is 0 Å². The Morgan fingerprint density at radius 1 is 0.458 bits per heavy atom. The molecule has 0 amide bonds. The van der Waals surface area contributed by atoms with Crippen molar-refractivity contribution >= 4 is 64.2 Å². The third-order valence-electron chi connectivity index (χ3n) is 10.7. The third-order valence-corrected chi connectivity index (χ3v) is 11.9. The molecule has 2 atom stereocenters. The number of thiophene rings is 1. The number of hydrogen-bond acceptors (Lipinski definition) is 1. The summed E-state index contributed by atoms with van der Waals surface area (Å²) in [4.78, 5) is 0. The highest BCUT2D eigenvalue weighted by Crippen LogP contribution is 2.47. The fraction of sp³-hybridized carbons (Fsp3) is 0.0638. The first-order chi connectivity index (χ1) is 23.8. The van der Waals surface area contributed by atoms with E-state index in [1.54, 1.807) is 0 Å². The van der Waals surface area contributed by atoms with Crippen molar-refractivity contribution in [2.24, 2.45) is 11.8 Å². The van der Waals surface area contributed by atoms with Crippen LogP contribution in [0.5, 0.6) is 0 Å². The van der Waals surface area contributed by atoms with Gasteiger partial charge in [-0.25, -0.2) is 0 Å². The Kier molecular flexibility index (Phi) is 6.19. The van der Waals surface area contributed by atoms with Gasteiger partial charge >= 0.3 is 0 Å². The maximum absolute atomic E-state index is 2.45. The molecule has 1 heteroatoms. The zero-order valence-electron chi connectivity index (χ0n) is 26.7. The molecule has 0 bridgehead atoms. The molecule has 0 saturated carbocycles. The maximum atomic E-state index is 2.45. The van der Waals surface area contributed by atoms with Crippen molar-refractivity contribution in [2.75, 3.05) is 0 Å². The Morgan fingerprint density at radius 2 is 1.04 bits per heavy atom. The predicted molar refractivity (Wildman–Crippen MR) is 208 cm³/mol. The van der Waals surface area contributed by atoms with Gasteiger partial charge in [-0.1, -0.05) is 163 Å². The summed E-state index contributed by atoms with van der Waals surface area (Å²) in [6.07, 6.45) is 9.26. The van der Waals surface area contributed by atoms with Crippen molar-refractivity contribution in [3.05, 3.63) is 180 Å². The van der Waals surface area contributed by atoms with E-state index in [9.17, 15) is 0 Å². The number of rotatable bonds is 3. The molecule has 0 N–H and O–H groups in total. The quantitative estimate of drug-likeness (QED) is 0.171. The minimum Gasteiger partial charge on any atom is -0.135 e. The summed E-state index contributed by atoms with van der Waals surface area (Å²) < 4.78 is 2.71. The summed E-state index contributed by atoms with van der Waals surface area (Å²) in [5, 5.41) is 10.6. The minimum absolute atomic E-state index is 0.331. The Balaban J connectivity index is 1.24. The highest BCUT2D eigenvalue weighted by Gasteiger charge is 2.30. The molecule has 0 aliphatic heterocycles.